The summed E-state index contributed by atoms with van der Waals surface area (Å²) in [4.78, 5) is 7.15. The summed E-state index contributed by atoms with van der Waals surface area (Å²) in [7, 11) is 0. The lowest BCUT2D eigenvalue weighted by atomic mass is 10.1. The Hall–Kier alpha value is -2.23. The van der Waals surface area contributed by atoms with E-state index in [0.717, 1.165) is 17.2 Å². The van der Waals surface area contributed by atoms with Crippen LogP contribution in [-0.4, -0.2) is 9.97 Å². The Morgan fingerprint density at radius 3 is 2.53 bits per heavy atom. The summed E-state index contributed by atoms with van der Waals surface area (Å²) in [6, 6.07) is 8.45. The summed E-state index contributed by atoms with van der Waals surface area (Å²) >= 11 is 0. The van der Waals surface area contributed by atoms with Crippen molar-refractivity contribution < 1.29 is 8.78 Å². The minimum absolute atomic E-state index is 0.0354. The number of halogens is 2. The third-order valence-corrected chi connectivity index (χ3v) is 3.33. The van der Waals surface area contributed by atoms with Crippen LogP contribution in [0.4, 0.5) is 8.78 Å². The van der Waals surface area contributed by atoms with Gasteiger partial charge in [0.25, 0.3) is 0 Å². The highest BCUT2D eigenvalue weighted by molar-refractivity contribution is 5.80. The van der Waals surface area contributed by atoms with Gasteiger partial charge in [-0.2, -0.15) is 0 Å². The van der Waals surface area contributed by atoms with Crippen molar-refractivity contribution in [3.8, 4) is 11.4 Å². The summed E-state index contributed by atoms with van der Waals surface area (Å²) in [6.07, 6.45) is 0. The molecule has 0 radical (unpaired) electrons. The fourth-order valence-electron chi connectivity index (χ4n) is 2.04. The van der Waals surface area contributed by atoms with Gasteiger partial charge in [-0.25, -0.2) is 13.8 Å². The monoisotopic (exact) mass is 258 g/mol. The molecule has 1 heterocycles. The molecule has 0 bridgehead atoms. The van der Waals surface area contributed by atoms with Crippen molar-refractivity contribution in [1.82, 2.24) is 9.97 Å². The molecule has 0 amide bonds. The van der Waals surface area contributed by atoms with Gasteiger partial charge in [-0.15, -0.1) is 0 Å². The molecule has 0 saturated carbocycles. The number of aryl methyl sites for hydroxylation is 2. The molecule has 1 aromatic heterocycles. The summed E-state index contributed by atoms with van der Waals surface area (Å²) in [5.41, 5.74) is 3.70. The molecule has 0 aliphatic heterocycles. The van der Waals surface area contributed by atoms with Crippen LogP contribution in [0.2, 0.25) is 0 Å². The van der Waals surface area contributed by atoms with E-state index in [1.807, 2.05) is 32.0 Å². The largest absolute Gasteiger partial charge is 0.338 e. The lowest BCUT2D eigenvalue weighted by Gasteiger charge is -2.02. The summed E-state index contributed by atoms with van der Waals surface area (Å²) in [6.45, 7) is 4.02. The third-order valence-electron chi connectivity index (χ3n) is 3.33. The summed E-state index contributed by atoms with van der Waals surface area (Å²) in [5.74, 6) is -1.25. The van der Waals surface area contributed by atoms with E-state index in [9.17, 15) is 8.78 Å². The first kappa shape index (κ1) is 11.8. The quantitative estimate of drug-likeness (QED) is 0.698. The van der Waals surface area contributed by atoms with E-state index >= 15 is 0 Å². The number of aromatic nitrogens is 2. The molecule has 0 fully saturated rings. The van der Waals surface area contributed by atoms with E-state index in [4.69, 9.17) is 0 Å². The van der Waals surface area contributed by atoms with Crippen LogP contribution < -0.4 is 0 Å². The lowest BCUT2D eigenvalue weighted by Crippen LogP contribution is -1.85. The van der Waals surface area contributed by atoms with Crippen molar-refractivity contribution in [2.75, 3.05) is 0 Å². The standard InChI is InChI=1S/C15H12F2N2/c1-8-3-4-10(7-9(8)2)15-18-12-6-5-11(16)13(17)14(12)19-15/h3-7H,1-2H3,(H,18,19). The molecule has 0 aliphatic rings. The molecule has 4 heteroatoms. The van der Waals surface area contributed by atoms with Crippen molar-refractivity contribution >= 4 is 11.0 Å². The SMILES string of the molecule is Cc1ccc(-c2nc3c(F)c(F)ccc3[nH]2)cc1C. The average molecular weight is 258 g/mol. The summed E-state index contributed by atoms with van der Waals surface area (Å²) in [5, 5.41) is 0. The third kappa shape index (κ3) is 1.89. The summed E-state index contributed by atoms with van der Waals surface area (Å²) < 4.78 is 26.8. The Morgan fingerprint density at radius 2 is 1.79 bits per heavy atom. The van der Waals surface area contributed by atoms with Gasteiger partial charge in [-0.1, -0.05) is 12.1 Å². The predicted molar refractivity (Wildman–Crippen MR) is 70.9 cm³/mol. The number of nitrogens with zero attached hydrogens (tertiary/aromatic N) is 1. The number of imidazole rings is 1. The normalized spacial score (nSPS) is 11.2. The molecule has 96 valence electrons. The van der Waals surface area contributed by atoms with E-state index in [1.165, 1.54) is 11.6 Å². The topological polar surface area (TPSA) is 28.7 Å². The van der Waals surface area contributed by atoms with Crippen LogP contribution in [0.3, 0.4) is 0 Å². The first-order valence-electron chi connectivity index (χ1n) is 5.97. The number of hydrogen-bond acceptors (Lipinski definition) is 1. The van der Waals surface area contributed by atoms with Crippen molar-refractivity contribution in [1.29, 1.82) is 0 Å². The Balaban J connectivity index is 2.20. The number of fused-ring (bicyclic) bond motifs is 1. The Labute approximate surface area is 109 Å². The van der Waals surface area contributed by atoms with E-state index in [1.54, 1.807) is 0 Å². The molecule has 0 saturated heterocycles. The zero-order valence-electron chi connectivity index (χ0n) is 10.6. The first-order chi connectivity index (χ1) is 9.06. The average Bonchev–Trinajstić information content (AvgIpc) is 2.82. The van der Waals surface area contributed by atoms with Gasteiger partial charge in [0, 0.05) is 5.56 Å². The van der Waals surface area contributed by atoms with Gasteiger partial charge in [0.05, 0.1) is 5.52 Å². The van der Waals surface area contributed by atoms with Crippen LogP contribution in [0.25, 0.3) is 22.4 Å². The Bertz CT molecular complexity index is 775. The van der Waals surface area contributed by atoms with Gasteiger partial charge in [-0.05, 0) is 43.2 Å². The van der Waals surface area contributed by atoms with E-state index < -0.39 is 11.6 Å². The van der Waals surface area contributed by atoms with E-state index in [0.29, 0.717) is 11.3 Å². The maximum Gasteiger partial charge on any atom is 0.186 e. The van der Waals surface area contributed by atoms with Gasteiger partial charge in [0.1, 0.15) is 11.3 Å². The smallest absolute Gasteiger partial charge is 0.186 e. The molecule has 0 atom stereocenters. The minimum atomic E-state index is -0.913. The molecule has 19 heavy (non-hydrogen) atoms. The first-order valence-corrected chi connectivity index (χ1v) is 5.97. The molecule has 1 N–H and O–H groups in total. The Kier molecular flexibility index (Phi) is 2.59. The highest BCUT2D eigenvalue weighted by Crippen LogP contribution is 2.24. The minimum Gasteiger partial charge on any atom is -0.338 e. The zero-order valence-corrected chi connectivity index (χ0v) is 10.6. The maximum atomic E-state index is 13.6. The lowest BCUT2D eigenvalue weighted by molar-refractivity contribution is 0.515. The van der Waals surface area contributed by atoms with Gasteiger partial charge < -0.3 is 4.98 Å². The highest BCUT2D eigenvalue weighted by atomic mass is 19.2. The molecule has 0 aliphatic carbocycles. The van der Waals surface area contributed by atoms with Crippen LogP contribution in [-0.2, 0) is 0 Å². The van der Waals surface area contributed by atoms with E-state index in [-0.39, 0.29) is 5.52 Å². The van der Waals surface area contributed by atoms with Gasteiger partial charge in [0.2, 0.25) is 0 Å². The molecule has 2 aromatic carbocycles. The molecule has 3 aromatic rings. The van der Waals surface area contributed by atoms with Crippen LogP contribution in [0, 0.1) is 25.5 Å². The van der Waals surface area contributed by atoms with Crippen molar-refractivity contribution in [3.63, 3.8) is 0 Å². The molecule has 2 nitrogen and oxygen atoms in total. The zero-order chi connectivity index (χ0) is 13.6. The van der Waals surface area contributed by atoms with Gasteiger partial charge in [-0.3, -0.25) is 0 Å². The number of benzene rings is 2. The van der Waals surface area contributed by atoms with E-state index in [2.05, 4.69) is 9.97 Å². The number of nitrogens with one attached hydrogen (secondary N) is 1. The van der Waals surface area contributed by atoms with Crippen molar-refractivity contribution in [2.24, 2.45) is 0 Å². The maximum absolute atomic E-state index is 13.6. The molecular weight excluding hydrogens is 246 g/mol. The molecule has 3 rings (SSSR count). The predicted octanol–water partition coefficient (Wildman–Crippen LogP) is 4.12. The van der Waals surface area contributed by atoms with Crippen LogP contribution in [0.5, 0.6) is 0 Å². The fourth-order valence-corrected chi connectivity index (χ4v) is 2.04. The Morgan fingerprint density at radius 1 is 1.00 bits per heavy atom. The van der Waals surface area contributed by atoms with Crippen molar-refractivity contribution in [2.45, 2.75) is 13.8 Å². The van der Waals surface area contributed by atoms with Crippen LogP contribution in [0.1, 0.15) is 11.1 Å². The second-order valence-electron chi connectivity index (χ2n) is 4.64. The van der Waals surface area contributed by atoms with Crippen molar-refractivity contribution in [3.05, 3.63) is 53.1 Å². The number of aromatic amines is 1. The second kappa shape index (κ2) is 4.16. The highest BCUT2D eigenvalue weighted by Gasteiger charge is 2.12. The second-order valence-corrected chi connectivity index (χ2v) is 4.64. The molecule has 0 unspecified atom stereocenters. The molecule has 0 spiro atoms. The van der Waals surface area contributed by atoms with Gasteiger partial charge in [0.15, 0.2) is 11.6 Å². The number of H-pyrrole nitrogens is 1. The molecular formula is C15H12F2N2. The van der Waals surface area contributed by atoms with Crippen LogP contribution >= 0.6 is 0 Å². The number of rotatable bonds is 1. The van der Waals surface area contributed by atoms with Gasteiger partial charge >= 0.3 is 0 Å². The fraction of sp³-hybridized carbons (Fsp3) is 0.133. The van der Waals surface area contributed by atoms with Crippen LogP contribution in [0.15, 0.2) is 30.3 Å². The number of hydrogen-bond donors (Lipinski definition) is 1.